The van der Waals surface area contributed by atoms with Crippen molar-refractivity contribution in [2.24, 2.45) is 5.92 Å². The van der Waals surface area contributed by atoms with Crippen LogP contribution in [0.1, 0.15) is 57.8 Å². The molecule has 0 spiro atoms. The molecule has 28 heavy (non-hydrogen) atoms. The van der Waals surface area contributed by atoms with Crippen molar-refractivity contribution >= 4 is 12.6 Å². The van der Waals surface area contributed by atoms with E-state index in [0.717, 1.165) is 13.0 Å². The summed E-state index contributed by atoms with van der Waals surface area (Å²) in [6.07, 6.45) is 12.4. The van der Waals surface area contributed by atoms with Gasteiger partial charge in [0.15, 0.2) is 6.29 Å². The zero-order valence-corrected chi connectivity index (χ0v) is 19.0. The Morgan fingerprint density at radius 1 is 0.929 bits per heavy atom. The summed E-state index contributed by atoms with van der Waals surface area (Å²) in [6.45, 7) is 6.45. The van der Waals surface area contributed by atoms with Gasteiger partial charge >= 0.3 is 0 Å². The quantitative estimate of drug-likeness (QED) is 0.605. The molecule has 0 radical (unpaired) electrons. The van der Waals surface area contributed by atoms with Crippen molar-refractivity contribution in [2.45, 2.75) is 75.8 Å². The molecule has 0 aromatic heterocycles. The van der Waals surface area contributed by atoms with Crippen LogP contribution in [0.5, 0.6) is 0 Å². The molecule has 1 aliphatic heterocycles. The SMILES string of the molecule is C1CCCC1.COC[C@@H]1CCO[C@H](C2CCCC2[P+](C)(C)c2ccccc2)O1. The summed E-state index contributed by atoms with van der Waals surface area (Å²) in [4.78, 5) is 0. The Bertz CT molecular complexity index is 549. The van der Waals surface area contributed by atoms with E-state index in [0.29, 0.717) is 18.2 Å². The fraction of sp³-hybridized carbons (Fsp3) is 0.750. The van der Waals surface area contributed by atoms with Gasteiger partial charge in [-0.3, -0.25) is 0 Å². The summed E-state index contributed by atoms with van der Waals surface area (Å²) in [5.74, 6) is 0.526. The van der Waals surface area contributed by atoms with E-state index in [9.17, 15) is 0 Å². The largest absolute Gasteiger partial charge is 0.382 e. The molecule has 2 aliphatic carbocycles. The Balaban J connectivity index is 0.000000391. The first-order chi connectivity index (χ1) is 13.6. The third kappa shape index (κ3) is 5.79. The maximum absolute atomic E-state index is 6.24. The molecule has 4 rings (SSSR count). The third-order valence-corrected chi connectivity index (χ3v) is 10.7. The number of hydrogen-bond acceptors (Lipinski definition) is 3. The lowest BCUT2D eigenvalue weighted by molar-refractivity contribution is -0.241. The number of methoxy groups -OCH3 is 1. The van der Waals surface area contributed by atoms with Gasteiger partial charge in [-0.25, -0.2) is 0 Å². The second kappa shape index (κ2) is 11.1. The molecule has 3 aliphatic rings. The Morgan fingerprint density at radius 2 is 1.61 bits per heavy atom. The van der Waals surface area contributed by atoms with E-state index in [2.05, 4.69) is 43.7 Å². The molecule has 1 saturated heterocycles. The van der Waals surface area contributed by atoms with Crippen LogP contribution in [0.15, 0.2) is 30.3 Å². The predicted octanol–water partition coefficient (Wildman–Crippen LogP) is 5.49. The minimum absolute atomic E-state index is 0.0422. The lowest BCUT2D eigenvalue weighted by atomic mass is 10.1. The van der Waals surface area contributed by atoms with Crippen molar-refractivity contribution in [2.75, 3.05) is 33.7 Å². The highest BCUT2D eigenvalue weighted by Crippen LogP contribution is 2.62. The topological polar surface area (TPSA) is 27.7 Å². The van der Waals surface area contributed by atoms with E-state index in [1.165, 1.54) is 56.7 Å². The Labute approximate surface area is 172 Å². The normalized spacial score (nSPS) is 30.7. The minimum Gasteiger partial charge on any atom is -0.382 e. The Kier molecular flexibility index (Phi) is 8.78. The summed E-state index contributed by atoms with van der Waals surface area (Å²) in [7, 11) is 0.555. The van der Waals surface area contributed by atoms with Crippen LogP contribution >= 0.6 is 7.26 Å². The van der Waals surface area contributed by atoms with Gasteiger partial charge in [0.25, 0.3) is 0 Å². The van der Waals surface area contributed by atoms with Crippen LogP contribution in [-0.2, 0) is 14.2 Å². The van der Waals surface area contributed by atoms with Gasteiger partial charge in [-0.15, -0.1) is 0 Å². The number of rotatable bonds is 5. The summed E-state index contributed by atoms with van der Waals surface area (Å²) in [6, 6.07) is 11.1. The fourth-order valence-electron chi connectivity index (χ4n) is 5.12. The highest BCUT2D eigenvalue weighted by Gasteiger charge is 2.50. The number of benzene rings is 1. The molecule has 3 fully saturated rings. The first kappa shape index (κ1) is 22.2. The second-order valence-electron chi connectivity index (χ2n) is 9.05. The van der Waals surface area contributed by atoms with Crippen LogP contribution in [0.4, 0.5) is 0 Å². The van der Waals surface area contributed by atoms with Gasteiger partial charge < -0.3 is 14.2 Å². The average Bonchev–Trinajstić information content (AvgIpc) is 3.44. The van der Waals surface area contributed by atoms with E-state index in [1.54, 1.807) is 7.11 Å². The molecule has 1 aromatic rings. The van der Waals surface area contributed by atoms with Gasteiger partial charge in [0.2, 0.25) is 0 Å². The molecule has 4 heteroatoms. The van der Waals surface area contributed by atoms with Gasteiger partial charge in [0, 0.05) is 20.3 Å². The second-order valence-corrected chi connectivity index (χ2v) is 13.3. The maximum Gasteiger partial charge on any atom is 0.164 e. The lowest BCUT2D eigenvalue weighted by Gasteiger charge is -2.37. The smallest absolute Gasteiger partial charge is 0.164 e. The zero-order chi connectivity index (χ0) is 19.8. The molecule has 2 unspecified atom stereocenters. The molecule has 0 amide bonds. The van der Waals surface area contributed by atoms with Gasteiger partial charge in [-0.2, -0.15) is 0 Å². The molecule has 1 heterocycles. The summed E-state index contributed by atoms with van der Waals surface area (Å²) < 4.78 is 17.6. The molecule has 4 atom stereocenters. The van der Waals surface area contributed by atoms with Crippen molar-refractivity contribution in [3.63, 3.8) is 0 Å². The van der Waals surface area contributed by atoms with Gasteiger partial charge in [0.05, 0.1) is 43.6 Å². The van der Waals surface area contributed by atoms with Crippen LogP contribution < -0.4 is 5.30 Å². The number of hydrogen-bond donors (Lipinski definition) is 0. The van der Waals surface area contributed by atoms with Crippen molar-refractivity contribution in [1.82, 2.24) is 0 Å². The lowest BCUT2D eigenvalue weighted by Crippen LogP contribution is -2.42. The van der Waals surface area contributed by atoms with Crippen LogP contribution in [0.3, 0.4) is 0 Å². The Hall–Kier alpha value is -0.470. The molecule has 0 N–H and O–H groups in total. The maximum atomic E-state index is 6.24. The van der Waals surface area contributed by atoms with E-state index >= 15 is 0 Å². The van der Waals surface area contributed by atoms with Crippen LogP contribution in [0, 0.1) is 5.92 Å². The van der Waals surface area contributed by atoms with E-state index in [-0.39, 0.29) is 12.4 Å². The van der Waals surface area contributed by atoms with Crippen molar-refractivity contribution in [1.29, 1.82) is 0 Å². The molecule has 1 aromatic carbocycles. The molecular formula is C24H40O3P+. The first-order valence-corrected chi connectivity index (χ1v) is 14.0. The summed E-state index contributed by atoms with van der Waals surface area (Å²) >= 11 is 0. The minimum atomic E-state index is -1.19. The summed E-state index contributed by atoms with van der Waals surface area (Å²) in [5.41, 5.74) is 0.705. The standard InChI is InChI=1S/C19H30O3P.C5H10/c1-20-14-15-12-13-21-19(22-15)17-10-7-11-18(17)23(2,3)16-8-5-4-6-9-16;1-2-4-5-3-1/h4-6,8-9,15,17-19H,7,10-14H2,1-3H3;1-5H2/q+1;/t15-,17?,18?,19-;/m0./s1. The van der Waals surface area contributed by atoms with Crippen molar-refractivity contribution in [3.05, 3.63) is 30.3 Å². The molecular weight excluding hydrogens is 367 g/mol. The van der Waals surface area contributed by atoms with Crippen LogP contribution in [-0.4, -0.2) is 51.7 Å². The monoisotopic (exact) mass is 407 g/mol. The van der Waals surface area contributed by atoms with Crippen LogP contribution in [0.25, 0.3) is 0 Å². The first-order valence-electron chi connectivity index (χ1n) is 11.3. The summed E-state index contributed by atoms with van der Waals surface area (Å²) in [5, 5.41) is 1.53. The van der Waals surface area contributed by atoms with Gasteiger partial charge in [-0.05, 0) is 37.8 Å². The van der Waals surface area contributed by atoms with Crippen molar-refractivity contribution < 1.29 is 14.2 Å². The van der Waals surface area contributed by atoms with E-state index in [1.807, 2.05) is 0 Å². The van der Waals surface area contributed by atoms with Gasteiger partial charge in [0.1, 0.15) is 0 Å². The Morgan fingerprint density at radius 3 is 2.25 bits per heavy atom. The highest BCUT2D eigenvalue weighted by atomic mass is 31.2. The molecule has 3 nitrogen and oxygen atoms in total. The molecule has 2 saturated carbocycles. The number of ether oxygens (including phenoxy) is 3. The average molecular weight is 408 g/mol. The van der Waals surface area contributed by atoms with E-state index in [4.69, 9.17) is 14.2 Å². The predicted molar refractivity (Wildman–Crippen MR) is 120 cm³/mol. The highest BCUT2D eigenvalue weighted by molar-refractivity contribution is 7.82. The van der Waals surface area contributed by atoms with E-state index < -0.39 is 7.26 Å². The van der Waals surface area contributed by atoms with Gasteiger partial charge in [-0.1, -0.05) is 50.3 Å². The zero-order valence-electron chi connectivity index (χ0n) is 18.1. The van der Waals surface area contributed by atoms with Crippen LogP contribution in [0.2, 0.25) is 0 Å². The molecule has 0 bridgehead atoms. The molecule has 158 valence electrons. The fourth-order valence-corrected chi connectivity index (χ4v) is 8.52. The van der Waals surface area contributed by atoms with Crippen molar-refractivity contribution in [3.8, 4) is 0 Å². The third-order valence-electron chi connectivity index (χ3n) is 6.78.